The van der Waals surface area contributed by atoms with Crippen LogP contribution in [-0.4, -0.2) is 79.2 Å². The zero-order valence-corrected chi connectivity index (χ0v) is 22.4. The molecule has 1 aromatic heterocycles. The van der Waals surface area contributed by atoms with Gasteiger partial charge in [-0.2, -0.15) is 0 Å². The monoisotopic (exact) mass is 543 g/mol. The molecule has 1 aromatic carbocycles. The second-order valence-electron chi connectivity index (χ2n) is 9.65. The van der Waals surface area contributed by atoms with Gasteiger partial charge in [0, 0.05) is 12.1 Å². The van der Waals surface area contributed by atoms with E-state index in [2.05, 4.69) is 20.9 Å². The summed E-state index contributed by atoms with van der Waals surface area (Å²) in [4.78, 5) is 56.5. The zero-order valence-electron chi connectivity index (χ0n) is 22.4. The number of ether oxygens (including phenoxy) is 3. The Morgan fingerprint density at radius 2 is 1.97 bits per heavy atom. The molecule has 1 saturated heterocycles. The first-order valence-electron chi connectivity index (χ1n) is 12.7. The minimum atomic E-state index is -0.905. The summed E-state index contributed by atoms with van der Waals surface area (Å²) >= 11 is 0. The molecule has 0 unspecified atom stereocenters. The van der Waals surface area contributed by atoms with Crippen LogP contribution in [0.5, 0.6) is 11.5 Å². The molecule has 39 heavy (non-hydrogen) atoms. The highest BCUT2D eigenvalue weighted by Crippen LogP contribution is 2.33. The van der Waals surface area contributed by atoms with Gasteiger partial charge in [-0.05, 0) is 37.5 Å². The Kier molecular flexibility index (Phi) is 8.57. The lowest BCUT2D eigenvalue weighted by Gasteiger charge is -2.27. The van der Waals surface area contributed by atoms with E-state index >= 15 is 0 Å². The molecule has 2 aliphatic heterocycles. The highest BCUT2D eigenvalue weighted by atomic mass is 16.6. The molecule has 1 fully saturated rings. The molecule has 4 bridgehead atoms. The number of rotatable bonds is 3. The largest absolute Gasteiger partial charge is 0.493 e. The van der Waals surface area contributed by atoms with Gasteiger partial charge in [0.25, 0.3) is 0 Å². The second kappa shape index (κ2) is 12.0. The van der Waals surface area contributed by atoms with Crippen molar-refractivity contribution >= 4 is 23.8 Å². The zero-order chi connectivity index (χ0) is 28.1. The number of aryl methyl sites for hydroxylation is 1. The van der Waals surface area contributed by atoms with Crippen molar-refractivity contribution in [3.8, 4) is 23.0 Å². The molecule has 210 valence electrons. The first-order valence-corrected chi connectivity index (χ1v) is 12.7. The molecule has 13 nitrogen and oxygen atoms in total. The Labute approximate surface area is 225 Å². The number of oxazole rings is 1. The van der Waals surface area contributed by atoms with Crippen LogP contribution in [0.3, 0.4) is 0 Å². The van der Waals surface area contributed by atoms with Crippen LogP contribution < -0.4 is 25.4 Å². The molecule has 3 heterocycles. The Bertz CT molecular complexity index is 1240. The van der Waals surface area contributed by atoms with Crippen molar-refractivity contribution in [2.75, 3.05) is 33.4 Å². The number of hydrogen-bond donors (Lipinski definition) is 3. The van der Waals surface area contributed by atoms with E-state index in [1.54, 1.807) is 25.1 Å². The number of amides is 4. The van der Waals surface area contributed by atoms with E-state index in [4.69, 9.17) is 18.6 Å². The van der Waals surface area contributed by atoms with Gasteiger partial charge in [0.1, 0.15) is 30.1 Å². The quantitative estimate of drug-likeness (QED) is 0.515. The number of methoxy groups -OCH3 is 1. The number of carbonyl (C=O) groups is 4. The number of hydrogen-bond acceptors (Lipinski definition) is 9. The van der Waals surface area contributed by atoms with Crippen molar-refractivity contribution < 1.29 is 37.8 Å². The summed E-state index contributed by atoms with van der Waals surface area (Å²) < 4.78 is 22.1. The topological polar surface area (TPSA) is 161 Å². The van der Waals surface area contributed by atoms with Gasteiger partial charge in [-0.1, -0.05) is 13.8 Å². The van der Waals surface area contributed by atoms with Crippen LogP contribution >= 0.6 is 0 Å². The molecular weight excluding hydrogens is 510 g/mol. The third-order valence-corrected chi connectivity index (χ3v) is 6.45. The Morgan fingerprint density at radius 1 is 1.18 bits per heavy atom. The average molecular weight is 544 g/mol. The number of alkyl carbamates (subject to hydrolysis) is 1. The Hall–Kier alpha value is -4.29. The average Bonchev–Trinajstić information content (AvgIpc) is 3.51. The van der Waals surface area contributed by atoms with Gasteiger partial charge >= 0.3 is 6.09 Å². The van der Waals surface area contributed by atoms with Gasteiger partial charge in [-0.3, -0.25) is 14.4 Å². The molecule has 0 aliphatic carbocycles. The third kappa shape index (κ3) is 6.59. The van der Waals surface area contributed by atoms with Gasteiger partial charge in [-0.25, -0.2) is 9.78 Å². The summed E-state index contributed by atoms with van der Waals surface area (Å²) in [5.74, 6) is 0.253. The van der Waals surface area contributed by atoms with Crippen molar-refractivity contribution in [1.82, 2.24) is 25.8 Å². The fourth-order valence-corrected chi connectivity index (χ4v) is 4.29. The minimum Gasteiger partial charge on any atom is -0.493 e. The molecule has 13 heteroatoms. The maximum absolute atomic E-state index is 13.1. The summed E-state index contributed by atoms with van der Waals surface area (Å²) in [5, 5.41) is 8.00. The number of nitrogens with one attached hydrogen (secondary N) is 3. The number of cyclic esters (lactones) is 1. The van der Waals surface area contributed by atoms with Crippen LogP contribution in [0.25, 0.3) is 11.5 Å². The van der Waals surface area contributed by atoms with Crippen LogP contribution in [-0.2, 0) is 25.7 Å². The van der Waals surface area contributed by atoms with E-state index in [9.17, 15) is 19.2 Å². The van der Waals surface area contributed by atoms with Gasteiger partial charge < -0.3 is 39.5 Å². The van der Waals surface area contributed by atoms with Crippen LogP contribution in [0.15, 0.2) is 22.6 Å². The fraction of sp³-hybridized carbons (Fsp3) is 0.500. The molecule has 2 aliphatic rings. The summed E-state index contributed by atoms with van der Waals surface area (Å²) in [6.45, 7) is 5.38. The minimum absolute atomic E-state index is 0.0960. The number of fused-ring (bicyclic) bond motifs is 5. The van der Waals surface area contributed by atoms with Gasteiger partial charge in [0.15, 0.2) is 11.5 Å². The van der Waals surface area contributed by atoms with Gasteiger partial charge in [0.2, 0.25) is 23.6 Å². The first kappa shape index (κ1) is 27.7. The smallest absolute Gasteiger partial charge is 0.407 e. The van der Waals surface area contributed by atoms with E-state index in [1.165, 1.54) is 12.0 Å². The number of nitrogens with zero attached hydrogens (tertiary/aromatic N) is 2. The predicted molar refractivity (Wildman–Crippen MR) is 137 cm³/mol. The molecule has 2 atom stereocenters. The van der Waals surface area contributed by atoms with E-state index < -0.39 is 35.9 Å². The summed E-state index contributed by atoms with van der Waals surface area (Å²) in [6.07, 6.45) is -0.330. The third-order valence-electron chi connectivity index (χ3n) is 6.45. The molecule has 0 radical (unpaired) electrons. The lowest BCUT2D eigenvalue weighted by Crippen LogP contribution is -2.54. The van der Waals surface area contributed by atoms with Crippen LogP contribution in [0, 0.1) is 12.8 Å². The highest BCUT2D eigenvalue weighted by Gasteiger charge is 2.34. The van der Waals surface area contributed by atoms with Gasteiger partial charge in [-0.15, -0.1) is 0 Å². The summed E-state index contributed by atoms with van der Waals surface area (Å²) in [7, 11) is 1.53. The Balaban J connectivity index is 1.62. The molecule has 2 aromatic rings. The summed E-state index contributed by atoms with van der Waals surface area (Å²) in [6, 6.07) is 3.52. The number of carbonyl (C=O) groups excluding carboxylic acids is 4. The molecule has 0 spiro atoms. The molecule has 0 saturated carbocycles. The SMILES string of the molecule is COc1ccc2cc1OCCCN(C(=O)[C@@H]1COC(=O)N1)CC(=O)N[C@@H](C(C)C)C(=O)NCc1nc-2oc1C. The molecule has 3 N–H and O–H groups in total. The maximum Gasteiger partial charge on any atom is 0.407 e. The first-order chi connectivity index (χ1) is 18.7. The highest BCUT2D eigenvalue weighted by molar-refractivity contribution is 5.93. The van der Waals surface area contributed by atoms with Crippen molar-refractivity contribution in [2.45, 2.75) is 45.8 Å². The van der Waals surface area contributed by atoms with Crippen molar-refractivity contribution in [2.24, 2.45) is 5.92 Å². The van der Waals surface area contributed by atoms with Crippen molar-refractivity contribution in [3.05, 3.63) is 29.7 Å². The van der Waals surface area contributed by atoms with E-state index in [0.717, 1.165) is 0 Å². The molecular formula is C26H33N5O8. The Morgan fingerprint density at radius 3 is 2.67 bits per heavy atom. The summed E-state index contributed by atoms with van der Waals surface area (Å²) in [5.41, 5.74) is 1.21. The fourth-order valence-electron chi connectivity index (χ4n) is 4.29. The lowest BCUT2D eigenvalue weighted by atomic mass is 10.0. The maximum atomic E-state index is 13.1. The van der Waals surface area contributed by atoms with E-state index in [1.807, 2.05) is 13.8 Å². The standard InChI is InChI=1S/C26H33N5O8/c1-14(2)22-23(33)27-11-17-15(3)39-24(28-17)16-6-7-19(36-4)20(10-16)37-9-5-8-31(12-21(32)30-22)25(34)18-13-38-26(35)29-18/h6-7,10,14,18,22H,5,8-9,11-13H2,1-4H3,(H,27,33)(H,29,35)(H,30,32)/t18-,22-/m0/s1. The molecule has 4 amide bonds. The van der Waals surface area contributed by atoms with Crippen LogP contribution in [0.1, 0.15) is 31.7 Å². The second-order valence-corrected chi connectivity index (χ2v) is 9.65. The van der Waals surface area contributed by atoms with E-state index in [0.29, 0.717) is 40.8 Å². The number of aromatic nitrogens is 1. The lowest BCUT2D eigenvalue weighted by molar-refractivity contribution is -0.138. The normalized spacial score (nSPS) is 20.6. The molecule has 4 rings (SSSR count). The van der Waals surface area contributed by atoms with Crippen molar-refractivity contribution in [1.29, 1.82) is 0 Å². The van der Waals surface area contributed by atoms with Crippen molar-refractivity contribution in [3.63, 3.8) is 0 Å². The van der Waals surface area contributed by atoms with Gasteiger partial charge in [0.05, 0.1) is 26.8 Å². The predicted octanol–water partition coefficient (Wildman–Crippen LogP) is 1.14. The van der Waals surface area contributed by atoms with Crippen LogP contribution in [0.2, 0.25) is 0 Å². The number of benzene rings is 1. The van der Waals surface area contributed by atoms with E-state index in [-0.39, 0.29) is 38.8 Å². The van der Waals surface area contributed by atoms with Crippen LogP contribution in [0.4, 0.5) is 4.79 Å².